The third kappa shape index (κ3) is 8.65. The van der Waals surface area contributed by atoms with Crippen LogP contribution in [0.4, 0.5) is 0 Å². The summed E-state index contributed by atoms with van der Waals surface area (Å²) < 4.78 is 1.20. The lowest BCUT2D eigenvalue weighted by Crippen LogP contribution is -2.28. The van der Waals surface area contributed by atoms with Gasteiger partial charge in [0.15, 0.2) is 0 Å². The van der Waals surface area contributed by atoms with Crippen molar-refractivity contribution in [1.29, 1.82) is 0 Å². The van der Waals surface area contributed by atoms with Gasteiger partial charge in [0.05, 0.1) is 0 Å². The van der Waals surface area contributed by atoms with Gasteiger partial charge in [-0.15, -0.1) is 0 Å². The molecular formula is C7H17IN2. The van der Waals surface area contributed by atoms with Gasteiger partial charge < -0.3 is 10.6 Å². The van der Waals surface area contributed by atoms with Crippen molar-refractivity contribution >= 4 is 22.6 Å². The SMILES string of the molecule is CCCNCCNCCI. The van der Waals surface area contributed by atoms with Crippen LogP contribution in [-0.2, 0) is 0 Å². The Balaban J connectivity index is 2.65. The second-order valence-electron chi connectivity index (χ2n) is 2.19. The highest BCUT2D eigenvalue weighted by molar-refractivity contribution is 14.1. The van der Waals surface area contributed by atoms with E-state index in [0.29, 0.717) is 0 Å². The topological polar surface area (TPSA) is 24.1 Å². The van der Waals surface area contributed by atoms with Crippen LogP contribution in [-0.4, -0.2) is 30.6 Å². The number of alkyl halides is 1. The van der Waals surface area contributed by atoms with Gasteiger partial charge in [-0.25, -0.2) is 0 Å². The molecule has 0 aromatic carbocycles. The molecule has 0 aliphatic carbocycles. The van der Waals surface area contributed by atoms with Crippen LogP contribution in [0.5, 0.6) is 0 Å². The molecule has 0 aromatic rings. The van der Waals surface area contributed by atoms with Gasteiger partial charge in [0, 0.05) is 24.1 Å². The number of hydrogen-bond donors (Lipinski definition) is 2. The van der Waals surface area contributed by atoms with E-state index in [-0.39, 0.29) is 0 Å². The summed E-state index contributed by atoms with van der Waals surface area (Å²) in [5.41, 5.74) is 0. The van der Waals surface area contributed by atoms with Crippen molar-refractivity contribution in [2.45, 2.75) is 13.3 Å². The van der Waals surface area contributed by atoms with E-state index in [4.69, 9.17) is 0 Å². The standard InChI is InChI=1S/C7H17IN2/c1-2-4-9-6-7-10-5-3-8/h9-10H,2-7H2,1H3. The van der Waals surface area contributed by atoms with Crippen molar-refractivity contribution in [2.24, 2.45) is 0 Å². The molecule has 0 amide bonds. The molecule has 62 valence electrons. The fourth-order valence-electron chi connectivity index (χ4n) is 0.670. The fraction of sp³-hybridized carbons (Fsp3) is 1.00. The molecule has 2 N–H and O–H groups in total. The quantitative estimate of drug-likeness (QED) is 0.403. The summed E-state index contributed by atoms with van der Waals surface area (Å²) in [5.74, 6) is 0. The molecule has 0 atom stereocenters. The largest absolute Gasteiger partial charge is 0.315 e. The van der Waals surface area contributed by atoms with Gasteiger partial charge in [-0.05, 0) is 13.0 Å². The fourth-order valence-corrected chi connectivity index (χ4v) is 1.05. The molecule has 0 saturated carbocycles. The predicted molar refractivity (Wildman–Crippen MR) is 54.9 cm³/mol. The lowest BCUT2D eigenvalue weighted by Gasteiger charge is -2.02. The predicted octanol–water partition coefficient (Wildman–Crippen LogP) is 1.01. The Morgan fingerprint density at radius 1 is 1.00 bits per heavy atom. The van der Waals surface area contributed by atoms with Gasteiger partial charge >= 0.3 is 0 Å². The van der Waals surface area contributed by atoms with Gasteiger partial charge in [-0.1, -0.05) is 29.5 Å². The van der Waals surface area contributed by atoms with Crippen molar-refractivity contribution in [3.05, 3.63) is 0 Å². The first-order valence-corrected chi connectivity index (χ1v) is 5.41. The first kappa shape index (κ1) is 10.7. The zero-order valence-electron chi connectivity index (χ0n) is 6.62. The first-order chi connectivity index (χ1) is 4.91. The molecule has 2 nitrogen and oxygen atoms in total. The maximum atomic E-state index is 3.33. The van der Waals surface area contributed by atoms with Crippen LogP contribution < -0.4 is 10.6 Å². The summed E-state index contributed by atoms with van der Waals surface area (Å²) >= 11 is 2.37. The van der Waals surface area contributed by atoms with E-state index < -0.39 is 0 Å². The molecule has 3 heteroatoms. The zero-order chi connectivity index (χ0) is 7.66. The minimum absolute atomic E-state index is 1.10. The van der Waals surface area contributed by atoms with Gasteiger partial charge in [0.1, 0.15) is 0 Å². The normalized spacial score (nSPS) is 10.2. The van der Waals surface area contributed by atoms with Gasteiger partial charge in [0.25, 0.3) is 0 Å². The molecule has 0 aromatic heterocycles. The Morgan fingerprint density at radius 3 is 2.10 bits per heavy atom. The number of nitrogens with one attached hydrogen (secondary N) is 2. The minimum atomic E-state index is 1.10. The summed E-state index contributed by atoms with van der Waals surface area (Å²) in [6, 6.07) is 0. The van der Waals surface area contributed by atoms with E-state index in [1.807, 2.05) is 0 Å². The molecule has 0 saturated heterocycles. The molecular weight excluding hydrogens is 239 g/mol. The first-order valence-electron chi connectivity index (χ1n) is 3.89. The second kappa shape index (κ2) is 9.65. The molecule has 0 aliphatic heterocycles. The Bertz CT molecular complexity index is 51.6. The molecule has 0 bridgehead atoms. The molecule has 0 heterocycles. The van der Waals surface area contributed by atoms with Gasteiger partial charge in [-0.2, -0.15) is 0 Å². The molecule has 0 unspecified atom stereocenters. The van der Waals surface area contributed by atoms with Crippen molar-refractivity contribution in [3.63, 3.8) is 0 Å². The van der Waals surface area contributed by atoms with E-state index in [1.165, 1.54) is 10.8 Å². The van der Waals surface area contributed by atoms with Crippen molar-refractivity contribution < 1.29 is 0 Å². The minimum Gasteiger partial charge on any atom is -0.315 e. The van der Waals surface area contributed by atoms with Crippen LogP contribution in [0.2, 0.25) is 0 Å². The molecule has 0 aliphatic rings. The highest BCUT2D eigenvalue weighted by atomic mass is 127. The lowest BCUT2D eigenvalue weighted by molar-refractivity contribution is 0.622. The van der Waals surface area contributed by atoms with Crippen LogP contribution in [0.15, 0.2) is 0 Å². The van der Waals surface area contributed by atoms with E-state index in [0.717, 1.165) is 26.2 Å². The Morgan fingerprint density at radius 2 is 1.60 bits per heavy atom. The third-order valence-corrected chi connectivity index (χ3v) is 1.72. The van der Waals surface area contributed by atoms with Gasteiger partial charge in [-0.3, -0.25) is 0 Å². The lowest BCUT2D eigenvalue weighted by atomic mass is 10.5. The molecule has 0 fully saturated rings. The van der Waals surface area contributed by atoms with Crippen LogP contribution in [0.3, 0.4) is 0 Å². The van der Waals surface area contributed by atoms with E-state index in [2.05, 4.69) is 40.1 Å². The summed E-state index contributed by atoms with van der Waals surface area (Å²) in [5, 5.41) is 6.65. The zero-order valence-corrected chi connectivity index (χ0v) is 8.78. The Hall–Kier alpha value is 0.650. The third-order valence-electron chi connectivity index (χ3n) is 1.18. The summed E-state index contributed by atoms with van der Waals surface area (Å²) in [7, 11) is 0. The second-order valence-corrected chi connectivity index (χ2v) is 3.27. The van der Waals surface area contributed by atoms with Gasteiger partial charge in [0.2, 0.25) is 0 Å². The average Bonchev–Trinajstić information content (AvgIpc) is 1.97. The summed E-state index contributed by atoms with van der Waals surface area (Å²) in [4.78, 5) is 0. The van der Waals surface area contributed by atoms with E-state index >= 15 is 0 Å². The van der Waals surface area contributed by atoms with Crippen LogP contribution in [0, 0.1) is 0 Å². The van der Waals surface area contributed by atoms with Crippen molar-refractivity contribution in [1.82, 2.24) is 10.6 Å². The smallest absolute Gasteiger partial charge is 0.0121 e. The summed E-state index contributed by atoms with van der Waals surface area (Å²) in [6.07, 6.45) is 1.23. The van der Waals surface area contributed by atoms with Crippen LogP contribution in [0.1, 0.15) is 13.3 Å². The Labute approximate surface area is 77.3 Å². The highest BCUT2D eigenvalue weighted by Crippen LogP contribution is 1.74. The van der Waals surface area contributed by atoms with E-state index in [9.17, 15) is 0 Å². The molecule has 10 heavy (non-hydrogen) atoms. The molecule has 0 spiro atoms. The molecule has 0 radical (unpaired) electrons. The average molecular weight is 256 g/mol. The molecule has 0 rings (SSSR count). The van der Waals surface area contributed by atoms with E-state index in [1.54, 1.807) is 0 Å². The number of hydrogen-bond acceptors (Lipinski definition) is 2. The maximum absolute atomic E-state index is 3.33. The Kier molecular flexibility index (Phi) is 10.3. The summed E-state index contributed by atoms with van der Waals surface area (Å²) in [6.45, 7) is 6.67. The van der Waals surface area contributed by atoms with Crippen LogP contribution >= 0.6 is 22.6 Å². The maximum Gasteiger partial charge on any atom is 0.0121 e. The van der Waals surface area contributed by atoms with Crippen molar-refractivity contribution in [3.8, 4) is 0 Å². The van der Waals surface area contributed by atoms with Crippen LogP contribution in [0.25, 0.3) is 0 Å². The number of rotatable bonds is 7. The van der Waals surface area contributed by atoms with Crippen molar-refractivity contribution in [2.75, 3.05) is 30.6 Å². The number of halogens is 1. The monoisotopic (exact) mass is 256 g/mol. The highest BCUT2D eigenvalue weighted by Gasteiger charge is 1.84.